The molecule has 0 heterocycles. The first-order chi connectivity index (χ1) is 10.0. The third-order valence-electron chi connectivity index (χ3n) is 1.73. The van der Waals surface area contributed by atoms with E-state index in [1.807, 2.05) is 0 Å². The average molecular weight is 387 g/mol. The van der Waals surface area contributed by atoms with Crippen LogP contribution in [0, 0.1) is 10.1 Å². The molecule has 0 bridgehead atoms. The third-order valence-corrected chi connectivity index (χ3v) is 1.73. The van der Waals surface area contributed by atoms with Crippen molar-refractivity contribution in [2.24, 2.45) is 0 Å². The summed E-state index contributed by atoms with van der Waals surface area (Å²) in [6.07, 6.45) is 2.12. The molecular weight excluding hydrogens is 356 g/mol. The maximum absolute atomic E-state index is 8.36. The van der Waals surface area contributed by atoms with Gasteiger partial charge in [0.25, 0.3) is 5.09 Å². The first-order valence-corrected chi connectivity index (χ1v) is 6.95. The van der Waals surface area contributed by atoms with Gasteiger partial charge in [0.05, 0.1) is 0 Å². The molecule has 0 amide bonds. The molecule has 0 aliphatic heterocycles. The monoisotopic (exact) mass is 385 g/mol. The van der Waals surface area contributed by atoms with Gasteiger partial charge in [-0.05, 0) is 0 Å². The molecule has 23 heavy (non-hydrogen) atoms. The normalized spacial score (nSPS) is 12.4. The van der Waals surface area contributed by atoms with Crippen LogP contribution in [0.1, 0.15) is 40.0 Å². The van der Waals surface area contributed by atoms with Gasteiger partial charge in [-0.15, -0.1) is 28.2 Å². The minimum Gasteiger partial charge on any atom is -0.677 e. The van der Waals surface area contributed by atoms with Gasteiger partial charge < -0.3 is 39.6 Å². The van der Waals surface area contributed by atoms with Gasteiger partial charge in [0.1, 0.15) is 0 Å². The molecule has 138 valence electrons. The molecule has 10 nitrogen and oxygen atoms in total. The average Bonchev–Trinajstić information content (AvgIpc) is 2.28. The second-order valence-electron chi connectivity index (χ2n) is 4.56. The summed E-state index contributed by atoms with van der Waals surface area (Å²) in [7, 11) is 0. The summed E-state index contributed by atoms with van der Waals surface area (Å²) >= 11 is 0. The number of rotatable bonds is 6. The van der Waals surface area contributed by atoms with Crippen LogP contribution in [0.3, 0.4) is 0 Å². The van der Waals surface area contributed by atoms with Crippen molar-refractivity contribution in [1.82, 2.24) is 0 Å². The fraction of sp³-hybridized carbons (Fsp3) is 1.00. The Balaban J connectivity index is -0.0000000624. The zero-order valence-electron chi connectivity index (χ0n) is 14.4. The predicted molar refractivity (Wildman–Crippen MR) is 91.5 cm³/mol. The predicted octanol–water partition coefficient (Wildman–Crippen LogP) is 5.26. The first kappa shape index (κ1) is 34.0. The zero-order valence-corrected chi connectivity index (χ0v) is 17.4. The molecule has 0 saturated heterocycles. The van der Waals surface area contributed by atoms with Crippen molar-refractivity contribution in [3.8, 4) is 0 Å². The molecular formula is C12H31N7O3Zn-4. The summed E-state index contributed by atoms with van der Waals surface area (Å²) in [5.41, 5.74) is 40.4. The second-order valence-corrected chi connectivity index (χ2v) is 4.56. The van der Waals surface area contributed by atoms with E-state index in [0.29, 0.717) is 38.9 Å². The van der Waals surface area contributed by atoms with E-state index < -0.39 is 5.09 Å². The Morgan fingerprint density at radius 3 is 0.957 bits per heavy atom. The van der Waals surface area contributed by atoms with Gasteiger partial charge in [-0.3, -0.25) is 0 Å². The quantitative estimate of drug-likeness (QED) is 0.368. The van der Waals surface area contributed by atoms with E-state index in [1.54, 1.807) is 20.8 Å². The minimum absolute atomic E-state index is 0. The molecule has 0 aromatic carbocycles. The van der Waals surface area contributed by atoms with E-state index in [1.165, 1.54) is 0 Å². The summed E-state index contributed by atoms with van der Waals surface area (Å²) in [6, 6.07) is -0.118. The Morgan fingerprint density at radius 2 is 0.957 bits per heavy atom. The fourth-order valence-electron chi connectivity index (χ4n) is 0.650. The van der Waals surface area contributed by atoms with Crippen molar-refractivity contribution in [2.45, 2.75) is 58.2 Å². The van der Waals surface area contributed by atoms with Crippen LogP contribution in [0.25, 0.3) is 34.4 Å². The van der Waals surface area contributed by atoms with Crippen molar-refractivity contribution in [3.05, 3.63) is 44.5 Å². The van der Waals surface area contributed by atoms with Gasteiger partial charge in [-0.25, -0.2) is 0 Å². The van der Waals surface area contributed by atoms with Crippen LogP contribution in [0.5, 0.6) is 0 Å². The zero-order chi connectivity index (χ0) is 18.6. The van der Waals surface area contributed by atoms with Crippen LogP contribution in [0.4, 0.5) is 0 Å². The van der Waals surface area contributed by atoms with E-state index in [2.05, 4.69) is 0 Å². The van der Waals surface area contributed by atoms with E-state index in [9.17, 15) is 0 Å². The van der Waals surface area contributed by atoms with Gasteiger partial charge in [0.2, 0.25) is 0 Å². The Kier molecular flexibility index (Phi) is 43.8. The van der Waals surface area contributed by atoms with Crippen LogP contribution in [-0.4, -0.2) is 48.1 Å². The second kappa shape index (κ2) is 29.6. The van der Waals surface area contributed by atoms with E-state index in [-0.39, 0.29) is 37.6 Å². The smallest absolute Gasteiger partial charge is 0.677 e. The van der Waals surface area contributed by atoms with Crippen molar-refractivity contribution >= 4 is 0 Å². The standard InChI is InChI=1S/3C4H10N2.HNO3.Zn/c3*1-4(6)2-3-5;2-1(3)4;/h3*4-6H,2-3H2,1H3;(H,2,3,4);/q3*-2;;+2. The van der Waals surface area contributed by atoms with Crippen LogP contribution >= 0.6 is 0 Å². The third kappa shape index (κ3) is 112. The van der Waals surface area contributed by atoms with Crippen molar-refractivity contribution < 1.29 is 29.8 Å². The molecule has 3 unspecified atom stereocenters. The van der Waals surface area contributed by atoms with Crippen molar-refractivity contribution in [2.75, 3.05) is 19.6 Å². The minimum atomic E-state index is -1.50. The molecule has 0 radical (unpaired) electrons. The summed E-state index contributed by atoms with van der Waals surface area (Å²) in [5, 5.41) is 13.6. The first-order valence-electron chi connectivity index (χ1n) is 6.95. The molecule has 0 rings (SSSR count). The maximum Gasteiger partial charge on any atom is 2.00 e. The van der Waals surface area contributed by atoms with E-state index >= 15 is 0 Å². The Morgan fingerprint density at radius 1 is 0.826 bits per heavy atom. The number of hydrogen-bond donors (Lipinski definition) is 1. The Labute approximate surface area is 152 Å². The van der Waals surface area contributed by atoms with E-state index in [0.717, 1.165) is 0 Å². The molecule has 0 saturated carbocycles. The molecule has 0 aromatic heterocycles. The van der Waals surface area contributed by atoms with Crippen LogP contribution in [0.15, 0.2) is 0 Å². The summed E-state index contributed by atoms with van der Waals surface area (Å²) in [6.45, 7) is 6.58. The molecule has 3 atom stereocenters. The molecule has 11 heteroatoms. The Bertz CT molecular complexity index is 183. The molecule has 0 aliphatic carbocycles. The van der Waals surface area contributed by atoms with Crippen LogP contribution in [-0.2, 0) is 19.5 Å². The van der Waals surface area contributed by atoms with Crippen LogP contribution in [0.2, 0.25) is 0 Å². The summed E-state index contributed by atoms with van der Waals surface area (Å²) in [4.78, 5) is 8.36. The van der Waals surface area contributed by atoms with Gasteiger partial charge >= 0.3 is 19.5 Å². The molecule has 7 N–H and O–H groups in total. The van der Waals surface area contributed by atoms with Crippen molar-refractivity contribution in [1.29, 1.82) is 0 Å². The van der Waals surface area contributed by atoms with Gasteiger partial charge in [0, 0.05) is 0 Å². The van der Waals surface area contributed by atoms with Gasteiger partial charge in [-0.1, -0.05) is 40.0 Å². The SMILES string of the molecule is CC([NH-])CC[NH-].CC([NH-])CC[NH-].CC([NH-])CC[NH-].O=[N+]([O-])O.[Zn+2]. The van der Waals surface area contributed by atoms with Crippen LogP contribution < -0.4 is 0 Å². The van der Waals surface area contributed by atoms with E-state index in [4.69, 9.17) is 49.7 Å². The molecule has 0 aliphatic rings. The van der Waals surface area contributed by atoms with Crippen molar-refractivity contribution in [3.63, 3.8) is 0 Å². The molecule has 0 spiro atoms. The molecule has 0 fully saturated rings. The summed E-state index contributed by atoms with van der Waals surface area (Å²) in [5.74, 6) is 0. The fourth-order valence-corrected chi connectivity index (χ4v) is 0.650. The number of nitrogens with zero attached hydrogens (tertiary/aromatic N) is 1. The topological polar surface area (TPSA) is 206 Å². The largest absolute Gasteiger partial charge is 2.00 e. The van der Waals surface area contributed by atoms with Gasteiger partial charge in [0.15, 0.2) is 0 Å². The Hall–Kier alpha value is -0.417. The summed E-state index contributed by atoms with van der Waals surface area (Å²) < 4.78 is 0. The number of nitrogens with one attached hydrogen (secondary N) is 6. The maximum atomic E-state index is 8.36. The van der Waals surface area contributed by atoms with Gasteiger partial charge in [-0.2, -0.15) is 19.6 Å². The number of hydrogen-bond acceptors (Lipinski definition) is 2. The molecule has 0 aromatic rings.